The van der Waals surface area contributed by atoms with Crippen LogP contribution in [0.5, 0.6) is 0 Å². The second-order valence-electron chi connectivity index (χ2n) is 17.6. The van der Waals surface area contributed by atoms with Gasteiger partial charge in [0, 0.05) is 16.9 Å². The minimum atomic E-state index is -0.428. The van der Waals surface area contributed by atoms with Crippen LogP contribution in [0.25, 0.3) is 65.7 Å². The van der Waals surface area contributed by atoms with Gasteiger partial charge in [-0.25, -0.2) is 0 Å². The molecule has 0 aromatic heterocycles. The van der Waals surface area contributed by atoms with Crippen LogP contribution in [0, 0.1) is 0 Å². The van der Waals surface area contributed by atoms with E-state index in [0.717, 1.165) is 11.4 Å². The monoisotopic (exact) mass is 765 g/mol. The van der Waals surface area contributed by atoms with Crippen LogP contribution in [-0.2, 0) is 10.8 Å². The molecule has 0 fully saturated rings. The molecule has 0 amide bonds. The summed E-state index contributed by atoms with van der Waals surface area (Å²) in [5, 5.41) is 7.64. The van der Waals surface area contributed by atoms with Gasteiger partial charge in [0.25, 0.3) is 0 Å². The molecular formula is C59H43N. The van der Waals surface area contributed by atoms with E-state index in [2.05, 4.69) is 232 Å². The quantitative estimate of drug-likeness (QED) is 0.161. The van der Waals surface area contributed by atoms with Gasteiger partial charge in [-0.05, 0) is 124 Å². The first-order valence-corrected chi connectivity index (χ1v) is 21.2. The van der Waals surface area contributed by atoms with Crippen molar-refractivity contribution in [2.75, 3.05) is 4.90 Å². The van der Waals surface area contributed by atoms with E-state index in [-0.39, 0.29) is 5.41 Å². The zero-order valence-corrected chi connectivity index (χ0v) is 34.1. The number of rotatable bonds is 4. The number of fused-ring (bicyclic) bond motifs is 16. The molecule has 10 aromatic rings. The summed E-state index contributed by atoms with van der Waals surface area (Å²) in [6, 6.07) is 77.4. The molecule has 0 aliphatic heterocycles. The summed E-state index contributed by atoms with van der Waals surface area (Å²) in [7, 11) is 0. The maximum atomic E-state index is 2.51. The van der Waals surface area contributed by atoms with Crippen molar-refractivity contribution >= 4 is 49.4 Å². The Morgan fingerprint density at radius 3 is 1.35 bits per heavy atom. The predicted molar refractivity (Wildman–Crippen MR) is 254 cm³/mol. The van der Waals surface area contributed by atoms with Gasteiger partial charge in [0.1, 0.15) is 0 Å². The zero-order chi connectivity index (χ0) is 40.2. The summed E-state index contributed by atoms with van der Waals surface area (Å²) in [5.74, 6) is 0. The third-order valence-electron chi connectivity index (χ3n) is 13.4. The molecule has 2 aliphatic rings. The Labute approximate surface area is 351 Å². The van der Waals surface area contributed by atoms with Gasteiger partial charge in [0.05, 0.1) is 11.1 Å². The standard InChI is InChI=1S/C59H43N/c1-58(2,3)40-31-27-38(28-32-40)39-29-33-41(34-30-39)60(42-35-36-47-45-17-5-4-15-43(45)44-16-6-7-18-46(44)51(47)37-42)56-26-14-25-55-57(56)50-21-10-13-24-54(50)59(55)52-22-11-8-19-48(52)49-20-9-12-23-53(49)59/h4-37H,1-3H3. The largest absolute Gasteiger partial charge is 0.310 e. The van der Waals surface area contributed by atoms with E-state index >= 15 is 0 Å². The Morgan fingerprint density at radius 1 is 0.350 bits per heavy atom. The number of hydrogen-bond acceptors (Lipinski definition) is 1. The smallest absolute Gasteiger partial charge is 0.0726 e. The number of hydrogen-bond donors (Lipinski definition) is 0. The highest BCUT2D eigenvalue weighted by Gasteiger charge is 2.52. The molecule has 0 bridgehead atoms. The molecule has 2 aliphatic carbocycles. The van der Waals surface area contributed by atoms with Gasteiger partial charge in [0.2, 0.25) is 0 Å². The van der Waals surface area contributed by atoms with E-state index in [4.69, 9.17) is 0 Å². The van der Waals surface area contributed by atoms with Gasteiger partial charge in [-0.2, -0.15) is 0 Å². The van der Waals surface area contributed by atoms with Crippen LogP contribution in [0.1, 0.15) is 48.6 Å². The Bertz CT molecular complexity index is 3260. The van der Waals surface area contributed by atoms with Crippen molar-refractivity contribution in [2.45, 2.75) is 31.6 Å². The third-order valence-corrected chi connectivity index (χ3v) is 13.4. The first kappa shape index (κ1) is 34.8. The van der Waals surface area contributed by atoms with Crippen LogP contribution < -0.4 is 4.90 Å². The molecule has 0 heterocycles. The first-order chi connectivity index (χ1) is 29.4. The molecule has 0 atom stereocenters. The highest BCUT2D eigenvalue weighted by molar-refractivity contribution is 6.26. The van der Waals surface area contributed by atoms with Crippen LogP contribution in [0.2, 0.25) is 0 Å². The fourth-order valence-electron chi connectivity index (χ4n) is 10.7. The SMILES string of the molecule is CC(C)(C)c1ccc(-c2ccc(N(c3ccc4c5ccccc5c5ccccc5c4c3)c3cccc4c3-c3ccccc3C43c4ccccc4-c4ccccc43)cc2)cc1. The summed E-state index contributed by atoms with van der Waals surface area (Å²) in [4.78, 5) is 2.51. The van der Waals surface area contributed by atoms with Crippen molar-refractivity contribution in [3.8, 4) is 33.4 Å². The number of nitrogens with zero attached hydrogens (tertiary/aromatic N) is 1. The summed E-state index contributed by atoms with van der Waals surface area (Å²) in [6.45, 7) is 6.82. The molecule has 60 heavy (non-hydrogen) atoms. The topological polar surface area (TPSA) is 3.24 Å². The molecule has 0 unspecified atom stereocenters. The van der Waals surface area contributed by atoms with Crippen molar-refractivity contribution in [1.82, 2.24) is 0 Å². The normalized spacial score (nSPS) is 13.4. The van der Waals surface area contributed by atoms with Gasteiger partial charge in [-0.3, -0.25) is 0 Å². The highest BCUT2D eigenvalue weighted by Crippen LogP contribution is 2.64. The summed E-state index contributed by atoms with van der Waals surface area (Å²) >= 11 is 0. The molecule has 1 spiro atoms. The lowest BCUT2D eigenvalue weighted by Gasteiger charge is -2.32. The van der Waals surface area contributed by atoms with Crippen LogP contribution in [-0.4, -0.2) is 0 Å². The summed E-state index contributed by atoms with van der Waals surface area (Å²) < 4.78 is 0. The average molecular weight is 766 g/mol. The molecule has 1 heteroatoms. The van der Waals surface area contributed by atoms with Gasteiger partial charge < -0.3 is 4.90 Å². The molecule has 1 nitrogen and oxygen atoms in total. The molecule has 10 aromatic carbocycles. The molecule has 0 saturated carbocycles. The van der Waals surface area contributed by atoms with E-state index < -0.39 is 5.41 Å². The van der Waals surface area contributed by atoms with Crippen LogP contribution >= 0.6 is 0 Å². The van der Waals surface area contributed by atoms with Gasteiger partial charge in [-0.1, -0.05) is 197 Å². The van der Waals surface area contributed by atoms with Gasteiger partial charge in [0.15, 0.2) is 0 Å². The first-order valence-electron chi connectivity index (χ1n) is 21.2. The lowest BCUT2D eigenvalue weighted by atomic mass is 9.70. The van der Waals surface area contributed by atoms with Gasteiger partial charge in [-0.15, -0.1) is 0 Å². The van der Waals surface area contributed by atoms with E-state index in [9.17, 15) is 0 Å². The number of anilines is 3. The lowest BCUT2D eigenvalue weighted by molar-refractivity contribution is 0.590. The molecule has 284 valence electrons. The Balaban J connectivity index is 1.12. The minimum Gasteiger partial charge on any atom is -0.310 e. The Morgan fingerprint density at radius 2 is 0.783 bits per heavy atom. The summed E-state index contributed by atoms with van der Waals surface area (Å²) in [6.07, 6.45) is 0. The van der Waals surface area contributed by atoms with Crippen LogP contribution in [0.15, 0.2) is 206 Å². The van der Waals surface area contributed by atoms with Crippen LogP contribution in [0.4, 0.5) is 17.1 Å². The van der Waals surface area contributed by atoms with Crippen molar-refractivity contribution in [3.63, 3.8) is 0 Å². The minimum absolute atomic E-state index is 0.107. The fourth-order valence-corrected chi connectivity index (χ4v) is 10.7. The molecule has 0 saturated heterocycles. The lowest BCUT2D eigenvalue weighted by Crippen LogP contribution is -2.26. The highest BCUT2D eigenvalue weighted by atomic mass is 15.1. The maximum absolute atomic E-state index is 2.51. The maximum Gasteiger partial charge on any atom is 0.0726 e. The summed E-state index contributed by atoms with van der Waals surface area (Å²) in [5.41, 5.74) is 17.4. The second kappa shape index (κ2) is 12.9. The van der Waals surface area contributed by atoms with E-state index in [1.165, 1.54) is 99.2 Å². The molecule has 12 rings (SSSR count). The Hall–Kier alpha value is -7.22. The number of benzene rings is 10. The van der Waals surface area contributed by atoms with E-state index in [1.54, 1.807) is 0 Å². The van der Waals surface area contributed by atoms with E-state index in [0.29, 0.717) is 0 Å². The van der Waals surface area contributed by atoms with Crippen LogP contribution in [0.3, 0.4) is 0 Å². The predicted octanol–water partition coefficient (Wildman–Crippen LogP) is 15.9. The van der Waals surface area contributed by atoms with Crippen molar-refractivity contribution in [3.05, 3.63) is 234 Å². The molecule has 0 radical (unpaired) electrons. The average Bonchev–Trinajstić information content (AvgIpc) is 3.77. The van der Waals surface area contributed by atoms with Gasteiger partial charge >= 0.3 is 0 Å². The van der Waals surface area contributed by atoms with Crippen molar-refractivity contribution in [1.29, 1.82) is 0 Å². The zero-order valence-electron chi connectivity index (χ0n) is 34.1. The fraction of sp³-hybridized carbons (Fsp3) is 0.0847. The Kier molecular flexibility index (Phi) is 7.47. The van der Waals surface area contributed by atoms with Crippen molar-refractivity contribution < 1.29 is 0 Å². The van der Waals surface area contributed by atoms with Crippen molar-refractivity contribution in [2.24, 2.45) is 0 Å². The van der Waals surface area contributed by atoms with E-state index in [1.807, 2.05) is 0 Å². The third kappa shape index (κ3) is 4.87. The molecular weight excluding hydrogens is 723 g/mol. The molecule has 0 N–H and O–H groups in total. The second-order valence-corrected chi connectivity index (χ2v) is 17.6.